The third-order valence-electron chi connectivity index (χ3n) is 3.30. The van der Waals surface area contributed by atoms with Crippen molar-refractivity contribution in [3.05, 3.63) is 0 Å². The molecule has 0 aromatic heterocycles. The summed E-state index contributed by atoms with van der Waals surface area (Å²) in [6.45, 7) is 0. The van der Waals surface area contributed by atoms with Gasteiger partial charge in [0.2, 0.25) is 0 Å². The van der Waals surface area contributed by atoms with Gasteiger partial charge in [-0.1, -0.05) is 0 Å². The molecule has 4 nitrogen and oxygen atoms in total. The van der Waals surface area contributed by atoms with Gasteiger partial charge in [-0.3, -0.25) is 9.59 Å². The van der Waals surface area contributed by atoms with Gasteiger partial charge in [0.05, 0.1) is 13.0 Å². The Bertz CT molecular complexity index is 264. The fourth-order valence-corrected chi connectivity index (χ4v) is 2.61. The van der Waals surface area contributed by atoms with Crippen LogP contribution in [-0.4, -0.2) is 24.9 Å². The van der Waals surface area contributed by atoms with E-state index in [1.807, 2.05) is 0 Å². The number of Topliss-reactive ketones (excluding diaryl/α,β-unsaturated/α-hetero) is 1. The van der Waals surface area contributed by atoms with E-state index in [9.17, 15) is 9.59 Å². The Hall–Kier alpha value is -0.900. The quantitative estimate of drug-likeness (QED) is 0.567. The lowest BCUT2D eigenvalue weighted by molar-refractivity contribution is -0.150. The van der Waals surface area contributed by atoms with Crippen LogP contribution in [0.15, 0.2) is 0 Å². The monoisotopic (exact) mass is 183 g/mol. The van der Waals surface area contributed by atoms with Crippen LogP contribution in [0.4, 0.5) is 0 Å². The summed E-state index contributed by atoms with van der Waals surface area (Å²) in [6, 6.07) is -0.171. The van der Waals surface area contributed by atoms with Crippen molar-refractivity contribution in [2.45, 2.75) is 18.9 Å². The number of fused-ring (bicyclic) bond motifs is 2. The first-order valence-electron chi connectivity index (χ1n) is 4.51. The third kappa shape index (κ3) is 1.09. The summed E-state index contributed by atoms with van der Waals surface area (Å²) in [5.74, 6) is -0.472. The van der Waals surface area contributed by atoms with E-state index < -0.39 is 0 Å². The Kier molecular flexibility index (Phi) is 1.87. The van der Waals surface area contributed by atoms with E-state index in [1.54, 1.807) is 0 Å². The van der Waals surface area contributed by atoms with Crippen LogP contribution in [0.1, 0.15) is 12.8 Å². The molecule has 0 aromatic carbocycles. The zero-order chi connectivity index (χ0) is 9.59. The largest absolute Gasteiger partial charge is 0.469 e. The summed E-state index contributed by atoms with van der Waals surface area (Å²) in [5.41, 5.74) is 5.85. The minimum absolute atomic E-state index is 0.160. The summed E-state index contributed by atoms with van der Waals surface area (Å²) < 4.78 is 4.63. The van der Waals surface area contributed by atoms with Crippen molar-refractivity contribution in [3.8, 4) is 0 Å². The highest BCUT2D eigenvalue weighted by molar-refractivity contribution is 5.91. The van der Waals surface area contributed by atoms with E-state index in [-0.39, 0.29) is 35.5 Å². The topological polar surface area (TPSA) is 69.4 Å². The molecule has 0 aromatic rings. The maximum atomic E-state index is 11.3. The molecule has 0 amide bonds. The zero-order valence-corrected chi connectivity index (χ0v) is 7.53. The summed E-state index contributed by atoms with van der Waals surface area (Å²) in [7, 11) is 1.34. The van der Waals surface area contributed by atoms with Crippen LogP contribution >= 0.6 is 0 Å². The molecule has 0 aliphatic heterocycles. The number of nitrogens with two attached hydrogens (primary N) is 1. The number of hydrogen-bond acceptors (Lipinski definition) is 4. The van der Waals surface area contributed by atoms with E-state index in [0.29, 0.717) is 6.42 Å². The molecule has 0 spiro atoms. The van der Waals surface area contributed by atoms with E-state index in [0.717, 1.165) is 6.42 Å². The second kappa shape index (κ2) is 2.80. The Balaban J connectivity index is 2.20. The molecular weight excluding hydrogens is 170 g/mol. The molecule has 72 valence electrons. The first-order chi connectivity index (χ1) is 6.15. The Labute approximate surface area is 76.4 Å². The van der Waals surface area contributed by atoms with Crippen molar-refractivity contribution in [2.24, 2.45) is 23.5 Å². The van der Waals surface area contributed by atoms with Crippen molar-refractivity contribution in [3.63, 3.8) is 0 Å². The first kappa shape index (κ1) is 8.69. The molecule has 0 radical (unpaired) electrons. The van der Waals surface area contributed by atoms with E-state index >= 15 is 0 Å². The maximum Gasteiger partial charge on any atom is 0.310 e. The molecule has 4 heteroatoms. The van der Waals surface area contributed by atoms with Gasteiger partial charge < -0.3 is 10.5 Å². The summed E-state index contributed by atoms with van der Waals surface area (Å²) >= 11 is 0. The average molecular weight is 183 g/mol. The highest BCUT2D eigenvalue weighted by Crippen LogP contribution is 2.45. The van der Waals surface area contributed by atoms with Crippen molar-refractivity contribution in [1.82, 2.24) is 0 Å². The minimum Gasteiger partial charge on any atom is -0.469 e. The smallest absolute Gasteiger partial charge is 0.310 e. The summed E-state index contributed by atoms with van der Waals surface area (Å²) in [5, 5.41) is 0. The lowest BCUT2D eigenvalue weighted by Gasteiger charge is -2.24. The predicted molar refractivity (Wildman–Crippen MR) is 44.7 cm³/mol. The van der Waals surface area contributed by atoms with E-state index in [1.165, 1.54) is 7.11 Å². The standard InChI is InChI=1S/C9H13NO3/c1-13-9(12)7-5-2-4(8(7)10)3-6(5)11/h4-5,7-8H,2-3,10H2,1H3/t4-,5+,7+,8-/m1/s1. The molecule has 4 atom stereocenters. The van der Waals surface area contributed by atoms with Crippen molar-refractivity contribution in [2.75, 3.05) is 7.11 Å². The third-order valence-corrected chi connectivity index (χ3v) is 3.30. The SMILES string of the molecule is COC(=O)[C@@H]1[C@H](N)[C@H]2CC(=O)[C@@H]1C2. The molecule has 2 saturated carbocycles. The summed E-state index contributed by atoms with van der Waals surface area (Å²) in [6.07, 6.45) is 1.33. The fraction of sp³-hybridized carbons (Fsp3) is 0.778. The molecule has 0 heterocycles. The van der Waals surface area contributed by atoms with Crippen LogP contribution in [0.5, 0.6) is 0 Å². The van der Waals surface area contributed by atoms with Gasteiger partial charge in [-0.2, -0.15) is 0 Å². The predicted octanol–water partition coefficient (Wildman–Crippen LogP) is -0.288. The highest BCUT2D eigenvalue weighted by Gasteiger charge is 2.54. The lowest BCUT2D eigenvalue weighted by atomic mass is 9.84. The van der Waals surface area contributed by atoms with Crippen LogP contribution in [0.3, 0.4) is 0 Å². The second-order valence-electron chi connectivity index (χ2n) is 3.90. The number of ketones is 1. The Morgan fingerprint density at radius 2 is 2.31 bits per heavy atom. The molecule has 13 heavy (non-hydrogen) atoms. The minimum atomic E-state index is -0.378. The van der Waals surface area contributed by atoms with Crippen molar-refractivity contribution in [1.29, 1.82) is 0 Å². The van der Waals surface area contributed by atoms with Crippen molar-refractivity contribution >= 4 is 11.8 Å². The van der Waals surface area contributed by atoms with Crippen LogP contribution in [0.25, 0.3) is 0 Å². The molecule has 2 rings (SSSR count). The molecular formula is C9H13NO3. The van der Waals surface area contributed by atoms with Gasteiger partial charge in [0.15, 0.2) is 0 Å². The number of hydrogen-bond donors (Lipinski definition) is 1. The maximum absolute atomic E-state index is 11.3. The van der Waals surface area contributed by atoms with Gasteiger partial charge in [0, 0.05) is 18.4 Å². The summed E-state index contributed by atoms with van der Waals surface area (Å²) in [4.78, 5) is 22.7. The Morgan fingerprint density at radius 1 is 1.62 bits per heavy atom. The molecule has 2 aliphatic rings. The Morgan fingerprint density at radius 3 is 2.85 bits per heavy atom. The van der Waals surface area contributed by atoms with E-state index in [4.69, 9.17) is 5.73 Å². The second-order valence-corrected chi connectivity index (χ2v) is 3.90. The van der Waals surface area contributed by atoms with Gasteiger partial charge >= 0.3 is 5.97 Å². The van der Waals surface area contributed by atoms with Crippen LogP contribution in [0, 0.1) is 17.8 Å². The number of methoxy groups -OCH3 is 1. The first-order valence-corrected chi connectivity index (χ1v) is 4.51. The van der Waals surface area contributed by atoms with Gasteiger partial charge in [-0.25, -0.2) is 0 Å². The molecule has 2 fully saturated rings. The van der Waals surface area contributed by atoms with E-state index in [2.05, 4.69) is 4.74 Å². The lowest BCUT2D eigenvalue weighted by Crippen LogP contribution is -2.43. The molecule has 2 bridgehead atoms. The van der Waals surface area contributed by atoms with Gasteiger partial charge in [0.1, 0.15) is 5.78 Å². The zero-order valence-electron chi connectivity index (χ0n) is 7.53. The van der Waals surface area contributed by atoms with Crippen molar-refractivity contribution < 1.29 is 14.3 Å². The van der Waals surface area contributed by atoms with Gasteiger partial charge in [0.25, 0.3) is 0 Å². The van der Waals surface area contributed by atoms with Gasteiger partial charge in [-0.15, -0.1) is 0 Å². The van der Waals surface area contributed by atoms with Crippen LogP contribution in [-0.2, 0) is 14.3 Å². The molecule has 2 N–H and O–H groups in total. The number of carbonyl (C=O) groups excluding carboxylic acids is 2. The number of carbonyl (C=O) groups is 2. The number of ether oxygens (including phenoxy) is 1. The number of rotatable bonds is 1. The fourth-order valence-electron chi connectivity index (χ4n) is 2.61. The van der Waals surface area contributed by atoms with Gasteiger partial charge in [-0.05, 0) is 12.3 Å². The number of esters is 1. The average Bonchev–Trinajstić information content (AvgIpc) is 2.60. The van der Waals surface area contributed by atoms with Crippen LogP contribution in [0.2, 0.25) is 0 Å². The molecule has 0 saturated heterocycles. The highest BCUT2D eigenvalue weighted by atomic mass is 16.5. The molecule has 0 unspecified atom stereocenters. The van der Waals surface area contributed by atoms with Crippen LogP contribution < -0.4 is 5.73 Å². The molecule has 2 aliphatic carbocycles. The normalized spacial score (nSPS) is 42.5.